The van der Waals surface area contributed by atoms with Gasteiger partial charge in [0.2, 0.25) is 5.91 Å². The van der Waals surface area contributed by atoms with E-state index < -0.39 is 17.0 Å². The van der Waals surface area contributed by atoms with Gasteiger partial charge in [-0.15, -0.1) is 0 Å². The second-order valence-corrected chi connectivity index (χ2v) is 5.79. The third-order valence-electron chi connectivity index (χ3n) is 3.80. The van der Waals surface area contributed by atoms with E-state index >= 15 is 0 Å². The number of nitrogens with zero attached hydrogens (tertiary/aromatic N) is 1. The zero-order valence-corrected chi connectivity index (χ0v) is 13.3. The maximum absolute atomic E-state index is 14.1. The van der Waals surface area contributed by atoms with E-state index in [9.17, 15) is 13.6 Å². The van der Waals surface area contributed by atoms with E-state index in [1.165, 1.54) is 17.9 Å². The standard InChI is InChI=1S/C16H23F2NO2/c1-6-16(3,4)15-13(18)9-12(17)10-14(15)21-8-7-19(5)11(2)20/h9-10H,6-8H2,1-5H3. The molecule has 0 N–H and O–H groups in total. The fourth-order valence-electron chi connectivity index (χ4n) is 1.95. The van der Waals surface area contributed by atoms with Crippen LogP contribution in [0.1, 0.15) is 39.7 Å². The lowest BCUT2D eigenvalue weighted by atomic mass is 9.81. The number of halogens is 2. The molecule has 1 rings (SSSR count). The van der Waals surface area contributed by atoms with E-state index in [4.69, 9.17) is 4.74 Å². The molecule has 0 heterocycles. The molecule has 0 unspecified atom stereocenters. The Morgan fingerprint density at radius 1 is 1.33 bits per heavy atom. The normalized spacial score (nSPS) is 11.4. The quantitative estimate of drug-likeness (QED) is 0.804. The van der Waals surface area contributed by atoms with Crippen molar-refractivity contribution in [2.75, 3.05) is 20.2 Å². The summed E-state index contributed by atoms with van der Waals surface area (Å²) in [5, 5.41) is 0. The molecule has 0 aromatic heterocycles. The van der Waals surface area contributed by atoms with Gasteiger partial charge in [0.15, 0.2) is 0 Å². The van der Waals surface area contributed by atoms with Crippen LogP contribution < -0.4 is 4.74 Å². The molecule has 0 fully saturated rings. The zero-order chi connectivity index (χ0) is 16.2. The minimum Gasteiger partial charge on any atom is -0.491 e. The highest BCUT2D eigenvalue weighted by Crippen LogP contribution is 2.36. The van der Waals surface area contributed by atoms with Gasteiger partial charge in [-0.05, 0) is 11.8 Å². The molecule has 1 amide bonds. The highest BCUT2D eigenvalue weighted by atomic mass is 19.1. The Morgan fingerprint density at radius 3 is 2.48 bits per heavy atom. The van der Waals surface area contributed by atoms with E-state index in [1.54, 1.807) is 7.05 Å². The molecule has 118 valence electrons. The second-order valence-electron chi connectivity index (χ2n) is 5.79. The van der Waals surface area contributed by atoms with Crippen molar-refractivity contribution in [1.29, 1.82) is 0 Å². The predicted octanol–water partition coefficient (Wildman–Crippen LogP) is 3.51. The van der Waals surface area contributed by atoms with Gasteiger partial charge in [0, 0.05) is 31.7 Å². The third kappa shape index (κ3) is 4.41. The van der Waals surface area contributed by atoms with E-state index in [0.29, 0.717) is 18.5 Å². The van der Waals surface area contributed by atoms with Crippen molar-refractivity contribution >= 4 is 5.91 Å². The first-order chi connectivity index (χ1) is 9.69. The van der Waals surface area contributed by atoms with Crippen molar-refractivity contribution in [3.63, 3.8) is 0 Å². The Kier molecular flexibility index (Phi) is 5.70. The molecule has 0 saturated carbocycles. The molecule has 1 aromatic rings. The zero-order valence-electron chi connectivity index (χ0n) is 13.3. The Morgan fingerprint density at radius 2 is 1.95 bits per heavy atom. The van der Waals surface area contributed by atoms with Crippen molar-refractivity contribution in [3.8, 4) is 5.75 Å². The number of benzene rings is 1. The van der Waals surface area contributed by atoms with Crippen LogP contribution in [0.5, 0.6) is 5.75 Å². The number of likely N-dealkylation sites (N-methyl/N-ethyl adjacent to an activating group) is 1. The molecule has 0 saturated heterocycles. The number of hydrogen-bond donors (Lipinski definition) is 0. The van der Waals surface area contributed by atoms with Crippen LogP contribution in [0.15, 0.2) is 12.1 Å². The molecule has 3 nitrogen and oxygen atoms in total. The minimum atomic E-state index is -0.668. The average Bonchev–Trinajstić information content (AvgIpc) is 2.37. The van der Waals surface area contributed by atoms with Crippen LogP contribution >= 0.6 is 0 Å². The number of rotatable bonds is 6. The molecule has 0 aliphatic rings. The molecule has 0 bridgehead atoms. The maximum Gasteiger partial charge on any atom is 0.219 e. The van der Waals surface area contributed by atoms with Crippen LogP contribution in [-0.2, 0) is 10.2 Å². The number of hydrogen-bond acceptors (Lipinski definition) is 2. The van der Waals surface area contributed by atoms with E-state index in [2.05, 4.69) is 0 Å². The first-order valence-corrected chi connectivity index (χ1v) is 7.03. The fraction of sp³-hybridized carbons (Fsp3) is 0.562. The van der Waals surface area contributed by atoms with Gasteiger partial charge in [-0.3, -0.25) is 4.79 Å². The number of carbonyl (C=O) groups excluding carboxylic acids is 1. The van der Waals surface area contributed by atoms with Crippen molar-refractivity contribution in [1.82, 2.24) is 4.90 Å². The summed E-state index contributed by atoms with van der Waals surface area (Å²) in [4.78, 5) is 12.6. The van der Waals surface area contributed by atoms with Crippen molar-refractivity contribution < 1.29 is 18.3 Å². The summed E-state index contributed by atoms with van der Waals surface area (Å²) in [6, 6.07) is 2.07. The summed E-state index contributed by atoms with van der Waals surface area (Å²) in [6.45, 7) is 7.71. The summed E-state index contributed by atoms with van der Waals surface area (Å²) < 4.78 is 33.1. The average molecular weight is 299 g/mol. The maximum atomic E-state index is 14.1. The molecule has 0 spiro atoms. The second kappa shape index (κ2) is 6.87. The van der Waals surface area contributed by atoms with Crippen LogP contribution in [-0.4, -0.2) is 31.0 Å². The van der Waals surface area contributed by atoms with Crippen molar-refractivity contribution in [2.24, 2.45) is 0 Å². The lowest BCUT2D eigenvalue weighted by Gasteiger charge is -2.27. The van der Waals surface area contributed by atoms with Crippen molar-refractivity contribution in [3.05, 3.63) is 29.3 Å². The first kappa shape index (κ1) is 17.4. The van der Waals surface area contributed by atoms with Gasteiger partial charge in [0.05, 0.1) is 6.54 Å². The van der Waals surface area contributed by atoms with Crippen LogP contribution in [0, 0.1) is 11.6 Å². The first-order valence-electron chi connectivity index (χ1n) is 7.03. The molecule has 0 radical (unpaired) electrons. The largest absolute Gasteiger partial charge is 0.491 e. The lowest BCUT2D eigenvalue weighted by Crippen LogP contribution is -2.29. The van der Waals surface area contributed by atoms with Crippen LogP contribution in [0.25, 0.3) is 0 Å². The van der Waals surface area contributed by atoms with Gasteiger partial charge in [-0.1, -0.05) is 20.8 Å². The number of carbonyl (C=O) groups is 1. The van der Waals surface area contributed by atoms with Crippen molar-refractivity contribution in [2.45, 2.75) is 39.5 Å². The molecule has 21 heavy (non-hydrogen) atoms. The molecule has 5 heteroatoms. The van der Waals surface area contributed by atoms with E-state index in [1.807, 2.05) is 20.8 Å². The Balaban J connectivity index is 2.98. The van der Waals surface area contributed by atoms with Crippen LogP contribution in [0.3, 0.4) is 0 Å². The molecular weight excluding hydrogens is 276 g/mol. The fourth-order valence-corrected chi connectivity index (χ4v) is 1.95. The van der Waals surface area contributed by atoms with E-state index in [-0.39, 0.29) is 18.3 Å². The van der Waals surface area contributed by atoms with Gasteiger partial charge in [0.1, 0.15) is 24.0 Å². The predicted molar refractivity (Wildman–Crippen MR) is 78.5 cm³/mol. The Bertz CT molecular complexity index is 515. The number of ether oxygens (including phenoxy) is 1. The summed E-state index contributed by atoms with van der Waals surface area (Å²) in [7, 11) is 1.65. The summed E-state index contributed by atoms with van der Waals surface area (Å²) >= 11 is 0. The highest BCUT2D eigenvalue weighted by Gasteiger charge is 2.27. The Labute approximate surface area is 124 Å². The lowest BCUT2D eigenvalue weighted by molar-refractivity contribution is -0.127. The Hall–Kier alpha value is -1.65. The van der Waals surface area contributed by atoms with Gasteiger partial charge in [-0.25, -0.2) is 8.78 Å². The summed E-state index contributed by atoms with van der Waals surface area (Å²) in [6.07, 6.45) is 0.694. The molecule has 1 aromatic carbocycles. The highest BCUT2D eigenvalue weighted by molar-refractivity contribution is 5.72. The monoisotopic (exact) mass is 299 g/mol. The smallest absolute Gasteiger partial charge is 0.219 e. The third-order valence-corrected chi connectivity index (χ3v) is 3.80. The van der Waals surface area contributed by atoms with Gasteiger partial charge in [-0.2, -0.15) is 0 Å². The van der Waals surface area contributed by atoms with Gasteiger partial charge in [0.25, 0.3) is 0 Å². The van der Waals surface area contributed by atoms with E-state index in [0.717, 1.165) is 6.07 Å². The van der Waals surface area contributed by atoms with Gasteiger partial charge < -0.3 is 9.64 Å². The summed E-state index contributed by atoms with van der Waals surface area (Å²) in [5.41, 5.74) is -0.0866. The molecule has 0 aliphatic carbocycles. The van der Waals surface area contributed by atoms with Crippen LogP contribution in [0.4, 0.5) is 8.78 Å². The summed E-state index contributed by atoms with van der Waals surface area (Å²) in [5.74, 6) is -1.15. The molecular formula is C16H23F2NO2. The molecule has 0 aliphatic heterocycles. The minimum absolute atomic E-state index is 0.0851. The van der Waals surface area contributed by atoms with Gasteiger partial charge >= 0.3 is 0 Å². The van der Waals surface area contributed by atoms with Crippen LogP contribution in [0.2, 0.25) is 0 Å². The molecule has 0 atom stereocenters. The number of amides is 1. The SMILES string of the molecule is CCC(C)(C)c1c(F)cc(F)cc1OCCN(C)C(C)=O. The topological polar surface area (TPSA) is 29.5 Å².